The summed E-state index contributed by atoms with van der Waals surface area (Å²) in [6, 6.07) is 11.2. The molecule has 0 unspecified atom stereocenters. The van der Waals surface area contributed by atoms with Crippen LogP contribution in [-0.2, 0) is 6.54 Å². The van der Waals surface area contributed by atoms with E-state index in [1.54, 1.807) is 18.1 Å². The fourth-order valence-corrected chi connectivity index (χ4v) is 1.86. The molecule has 2 N–H and O–H groups in total. The number of nitrogens with zero attached hydrogens (tertiary/aromatic N) is 2. The lowest BCUT2D eigenvalue weighted by Crippen LogP contribution is -2.27. The van der Waals surface area contributed by atoms with Crippen LogP contribution in [0.3, 0.4) is 0 Å². The van der Waals surface area contributed by atoms with Crippen molar-refractivity contribution in [2.45, 2.75) is 13.5 Å². The van der Waals surface area contributed by atoms with Gasteiger partial charge in [0, 0.05) is 25.5 Å². The minimum absolute atomic E-state index is 0.0741. The molecule has 0 aliphatic carbocycles. The second-order valence-corrected chi connectivity index (χ2v) is 4.57. The van der Waals surface area contributed by atoms with E-state index < -0.39 is 0 Å². The van der Waals surface area contributed by atoms with E-state index in [0.717, 1.165) is 16.8 Å². The number of aryl methyl sites for hydroxylation is 1. The molecule has 0 atom stereocenters. The molecule has 1 heterocycles. The Bertz CT molecular complexity index is 578. The first kappa shape index (κ1) is 13.1. The summed E-state index contributed by atoms with van der Waals surface area (Å²) in [6.45, 7) is 2.42. The second kappa shape index (κ2) is 5.52. The van der Waals surface area contributed by atoms with E-state index in [9.17, 15) is 4.79 Å². The van der Waals surface area contributed by atoms with Gasteiger partial charge in [-0.15, -0.1) is 0 Å². The van der Waals surface area contributed by atoms with Crippen molar-refractivity contribution in [2.75, 3.05) is 12.8 Å². The highest BCUT2D eigenvalue weighted by atomic mass is 16.2. The first-order valence-electron chi connectivity index (χ1n) is 6.09. The Labute approximate surface area is 112 Å². The molecule has 0 aliphatic rings. The van der Waals surface area contributed by atoms with Gasteiger partial charge in [-0.2, -0.15) is 0 Å². The van der Waals surface area contributed by atoms with Crippen LogP contribution in [0.4, 0.5) is 5.69 Å². The molecule has 4 heteroatoms. The molecule has 0 saturated heterocycles. The van der Waals surface area contributed by atoms with Crippen molar-refractivity contribution in [1.82, 2.24) is 9.88 Å². The molecule has 0 bridgehead atoms. The summed E-state index contributed by atoms with van der Waals surface area (Å²) in [5.41, 5.74) is 8.78. The fraction of sp³-hybridized carbons (Fsp3) is 0.200. The van der Waals surface area contributed by atoms with E-state index in [0.29, 0.717) is 12.2 Å². The number of nitrogens with two attached hydrogens (primary N) is 1. The van der Waals surface area contributed by atoms with Crippen LogP contribution in [0.5, 0.6) is 0 Å². The molecule has 0 radical (unpaired) electrons. The predicted octanol–water partition coefficient (Wildman–Crippen LogP) is 2.24. The molecule has 2 rings (SSSR count). The number of anilines is 1. The predicted molar refractivity (Wildman–Crippen MR) is 75.6 cm³/mol. The Kier molecular flexibility index (Phi) is 3.80. The van der Waals surface area contributed by atoms with Crippen LogP contribution in [0.2, 0.25) is 0 Å². The first-order valence-corrected chi connectivity index (χ1v) is 6.09. The van der Waals surface area contributed by atoms with Gasteiger partial charge in [0.15, 0.2) is 0 Å². The highest BCUT2D eigenvalue weighted by Crippen LogP contribution is 2.11. The van der Waals surface area contributed by atoms with Crippen LogP contribution in [0.1, 0.15) is 21.6 Å². The number of carbonyl (C=O) groups is 1. The topological polar surface area (TPSA) is 59.2 Å². The largest absolute Gasteiger partial charge is 0.399 e. The molecule has 4 nitrogen and oxygen atoms in total. The number of benzene rings is 1. The average Bonchev–Trinajstić information content (AvgIpc) is 2.41. The van der Waals surface area contributed by atoms with Crippen molar-refractivity contribution in [3.63, 3.8) is 0 Å². The summed E-state index contributed by atoms with van der Waals surface area (Å²) in [5, 5.41) is 0. The standard InChI is InChI=1S/C15H17N3O/c1-11-4-3-9-17-14(11)15(19)18(2)10-12-5-7-13(16)8-6-12/h3-9H,10,16H2,1-2H3. The van der Waals surface area contributed by atoms with Crippen LogP contribution in [0.25, 0.3) is 0 Å². The number of amides is 1. The van der Waals surface area contributed by atoms with Gasteiger partial charge in [0.25, 0.3) is 5.91 Å². The van der Waals surface area contributed by atoms with E-state index in [2.05, 4.69) is 4.98 Å². The molecule has 1 aromatic heterocycles. The Hall–Kier alpha value is -2.36. The average molecular weight is 255 g/mol. The first-order chi connectivity index (χ1) is 9.08. The van der Waals surface area contributed by atoms with Gasteiger partial charge >= 0.3 is 0 Å². The summed E-state index contributed by atoms with van der Waals surface area (Å²) in [7, 11) is 1.77. The lowest BCUT2D eigenvalue weighted by molar-refractivity contribution is 0.0778. The Morgan fingerprint density at radius 3 is 2.58 bits per heavy atom. The third-order valence-electron chi connectivity index (χ3n) is 2.96. The SMILES string of the molecule is Cc1cccnc1C(=O)N(C)Cc1ccc(N)cc1. The van der Waals surface area contributed by atoms with E-state index in [1.807, 2.05) is 43.3 Å². The zero-order valence-corrected chi connectivity index (χ0v) is 11.1. The van der Waals surface area contributed by atoms with Gasteiger partial charge < -0.3 is 10.6 Å². The van der Waals surface area contributed by atoms with E-state index in [-0.39, 0.29) is 5.91 Å². The van der Waals surface area contributed by atoms with Gasteiger partial charge in [0.05, 0.1) is 0 Å². The number of pyridine rings is 1. The number of rotatable bonds is 3. The summed E-state index contributed by atoms with van der Waals surface area (Å²) >= 11 is 0. The summed E-state index contributed by atoms with van der Waals surface area (Å²) in [4.78, 5) is 18.1. The van der Waals surface area contributed by atoms with Crippen LogP contribution in [-0.4, -0.2) is 22.8 Å². The zero-order chi connectivity index (χ0) is 13.8. The maximum Gasteiger partial charge on any atom is 0.272 e. The minimum atomic E-state index is -0.0741. The van der Waals surface area contributed by atoms with Gasteiger partial charge in [-0.1, -0.05) is 18.2 Å². The molecule has 0 saturated carbocycles. The number of aromatic nitrogens is 1. The maximum absolute atomic E-state index is 12.3. The third kappa shape index (κ3) is 3.10. The number of carbonyl (C=O) groups excluding carboxylic acids is 1. The molecule has 19 heavy (non-hydrogen) atoms. The van der Waals surface area contributed by atoms with Crippen LogP contribution < -0.4 is 5.73 Å². The lowest BCUT2D eigenvalue weighted by atomic mass is 10.1. The molecule has 1 aromatic carbocycles. The molecule has 0 aliphatic heterocycles. The van der Waals surface area contributed by atoms with Crippen molar-refractivity contribution < 1.29 is 4.79 Å². The summed E-state index contributed by atoms with van der Waals surface area (Å²) in [6.07, 6.45) is 1.64. The molecule has 1 amide bonds. The van der Waals surface area contributed by atoms with Crippen LogP contribution in [0, 0.1) is 6.92 Å². The van der Waals surface area contributed by atoms with Gasteiger partial charge in [-0.05, 0) is 36.2 Å². The highest BCUT2D eigenvalue weighted by Gasteiger charge is 2.15. The van der Waals surface area contributed by atoms with Crippen molar-refractivity contribution in [3.8, 4) is 0 Å². The van der Waals surface area contributed by atoms with E-state index in [1.165, 1.54) is 0 Å². The number of hydrogen-bond donors (Lipinski definition) is 1. The maximum atomic E-state index is 12.3. The zero-order valence-electron chi connectivity index (χ0n) is 11.1. The van der Waals surface area contributed by atoms with Gasteiger partial charge in [0.1, 0.15) is 5.69 Å². The van der Waals surface area contributed by atoms with Crippen LogP contribution in [0.15, 0.2) is 42.6 Å². The quantitative estimate of drug-likeness (QED) is 0.856. The molecular weight excluding hydrogens is 238 g/mol. The minimum Gasteiger partial charge on any atom is -0.399 e. The van der Waals surface area contributed by atoms with Gasteiger partial charge in [-0.3, -0.25) is 9.78 Å². The number of hydrogen-bond acceptors (Lipinski definition) is 3. The van der Waals surface area contributed by atoms with E-state index in [4.69, 9.17) is 5.73 Å². The summed E-state index contributed by atoms with van der Waals surface area (Å²) in [5.74, 6) is -0.0741. The van der Waals surface area contributed by atoms with Crippen molar-refractivity contribution in [2.24, 2.45) is 0 Å². The Balaban J connectivity index is 2.12. The van der Waals surface area contributed by atoms with Crippen LogP contribution >= 0.6 is 0 Å². The third-order valence-corrected chi connectivity index (χ3v) is 2.96. The number of nitrogen functional groups attached to an aromatic ring is 1. The fourth-order valence-electron chi connectivity index (χ4n) is 1.86. The van der Waals surface area contributed by atoms with Crippen molar-refractivity contribution >= 4 is 11.6 Å². The Morgan fingerprint density at radius 2 is 1.95 bits per heavy atom. The van der Waals surface area contributed by atoms with Crippen molar-refractivity contribution in [1.29, 1.82) is 0 Å². The van der Waals surface area contributed by atoms with E-state index >= 15 is 0 Å². The Morgan fingerprint density at radius 1 is 1.26 bits per heavy atom. The lowest BCUT2D eigenvalue weighted by Gasteiger charge is -2.17. The normalized spacial score (nSPS) is 10.2. The highest BCUT2D eigenvalue weighted by molar-refractivity contribution is 5.93. The smallest absolute Gasteiger partial charge is 0.272 e. The molecular formula is C15H17N3O. The second-order valence-electron chi connectivity index (χ2n) is 4.57. The molecule has 2 aromatic rings. The van der Waals surface area contributed by atoms with Crippen molar-refractivity contribution in [3.05, 3.63) is 59.4 Å². The summed E-state index contributed by atoms with van der Waals surface area (Å²) < 4.78 is 0. The monoisotopic (exact) mass is 255 g/mol. The van der Waals surface area contributed by atoms with Gasteiger partial charge in [-0.25, -0.2) is 0 Å². The van der Waals surface area contributed by atoms with Gasteiger partial charge in [0.2, 0.25) is 0 Å². The molecule has 98 valence electrons. The molecule has 0 fully saturated rings. The molecule has 0 spiro atoms.